The number of ether oxygens (including phenoxy) is 1. The summed E-state index contributed by atoms with van der Waals surface area (Å²) in [6, 6.07) is 7.70. The van der Waals surface area contributed by atoms with Gasteiger partial charge >= 0.3 is 0 Å². The Morgan fingerprint density at radius 1 is 1.33 bits per heavy atom. The monoisotopic (exact) mass is 294 g/mol. The SMILES string of the molecule is CC(C)N(C)CCNCCOc1ccc(C(N)=NO)cc1. The number of hydrogen-bond donors (Lipinski definition) is 3. The van der Waals surface area contributed by atoms with Gasteiger partial charge in [-0.1, -0.05) is 5.16 Å². The van der Waals surface area contributed by atoms with E-state index in [4.69, 9.17) is 15.7 Å². The Labute approximate surface area is 126 Å². The van der Waals surface area contributed by atoms with Crippen LogP contribution in [0.25, 0.3) is 0 Å². The Balaban J connectivity index is 2.18. The van der Waals surface area contributed by atoms with Gasteiger partial charge in [-0.25, -0.2) is 0 Å². The summed E-state index contributed by atoms with van der Waals surface area (Å²) < 4.78 is 5.61. The highest BCUT2D eigenvalue weighted by molar-refractivity contribution is 5.97. The van der Waals surface area contributed by atoms with Crippen LogP contribution in [0, 0.1) is 0 Å². The molecule has 4 N–H and O–H groups in total. The number of likely N-dealkylation sites (N-methyl/N-ethyl adjacent to an activating group) is 1. The Morgan fingerprint density at radius 3 is 2.57 bits per heavy atom. The summed E-state index contributed by atoms with van der Waals surface area (Å²) in [5.74, 6) is 0.864. The third-order valence-corrected chi connectivity index (χ3v) is 3.33. The summed E-state index contributed by atoms with van der Waals surface area (Å²) in [4.78, 5) is 2.29. The first kappa shape index (κ1) is 17.3. The van der Waals surface area contributed by atoms with Crippen LogP contribution in [0.2, 0.25) is 0 Å². The van der Waals surface area contributed by atoms with Crippen LogP contribution in [0.1, 0.15) is 19.4 Å². The molecule has 118 valence electrons. The fourth-order valence-corrected chi connectivity index (χ4v) is 1.66. The average Bonchev–Trinajstić information content (AvgIpc) is 2.50. The van der Waals surface area contributed by atoms with Gasteiger partial charge in [-0.3, -0.25) is 0 Å². The molecule has 1 aromatic carbocycles. The highest BCUT2D eigenvalue weighted by Crippen LogP contribution is 2.11. The van der Waals surface area contributed by atoms with Crippen molar-refractivity contribution in [2.45, 2.75) is 19.9 Å². The molecule has 0 aliphatic rings. The van der Waals surface area contributed by atoms with E-state index in [0.717, 1.165) is 25.4 Å². The zero-order valence-corrected chi connectivity index (χ0v) is 13.0. The highest BCUT2D eigenvalue weighted by atomic mass is 16.5. The Kier molecular flexibility index (Phi) is 7.56. The molecule has 1 aromatic rings. The number of oxime groups is 1. The molecule has 0 saturated heterocycles. The third-order valence-electron chi connectivity index (χ3n) is 3.33. The standard InChI is InChI=1S/C15H26N4O2/c1-12(2)19(3)10-8-17-9-11-21-14-6-4-13(5-7-14)15(16)18-20/h4-7,12,17,20H,8-11H2,1-3H3,(H2,16,18). The van der Waals surface area contributed by atoms with Crippen molar-refractivity contribution in [3.63, 3.8) is 0 Å². The molecule has 0 radical (unpaired) electrons. The Hall–Kier alpha value is -1.79. The van der Waals surface area contributed by atoms with Crippen molar-refractivity contribution in [2.75, 3.05) is 33.3 Å². The molecule has 0 fully saturated rings. The fourth-order valence-electron chi connectivity index (χ4n) is 1.66. The van der Waals surface area contributed by atoms with Crippen molar-refractivity contribution < 1.29 is 9.94 Å². The number of benzene rings is 1. The topological polar surface area (TPSA) is 83.1 Å². The van der Waals surface area contributed by atoms with Crippen LogP contribution in [0.5, 0.6) is 5.75 Å². The molecule has 6 heteroatoms. The van der Waals surface area contributed by atoms with Crippen molar-refractivity contribution in [3.05, 3.63) is 29.8 Å². The summed E-state index contributed by atoms with van der Waals surface area (Å²) in [5, 5.41) is 14.9. The van der Waals surface area contributed by atoms with E-state index >= 15 is 0 Å². The van der Waals surface area contributed by atoms with Crippen LogP contribution in [-0.4, -0.2) is 55.3 Å². The van der Waals surface area contributed by atoms with Gasteiger partial charge in [0.25, 0.3) is 0 Å². The largest absolute Gasteiger partial charge is 0.492 e. The molecule has 0 aliphatic carbocycles. The minimum atomic E-state index is 0.0949. The van der Waals surface area contributed by atoms with Crippen LogP contribution in [-0.2, 0) is 0 Å². The molecule has 6 nitrogen and oxygen atoms in total. The minimum absolute atomic E-state index is 0.0949. The molecule has 0 amide bonds. The smallest absolute Gasteiger partial charge is 0.170 e. The lowest BCUT2D eigenvalue weighted by atomic mass is 10.2. The molecule has 0 bridgehead atoms. The van der Waals surface area contributed by atoms with Gasteiger partial charge in [0.05, 0.1) is 0 Å². The highest BCUT2D eigenvalue weighted by Gasteiger charge is 2.02. The van der Waals surface area contributed by atoms with E-state index in [1.165, 1.54) is 0 Å². The fraction of sp³-hybridized carbons (Fsp3) is 0.533. The first-order valence-electron chi connectivity index (χ1n) is 7.16. The normalized spacial score (nSPS) is 12.1. The molecule has 0 heterocycles. The summed E-state index contributed by atoms with van der Waals surface area (Å²) in [5.41, 5.74) is 6.16. The summed E-state index contributed by atoms with van der Waals surface area (Å²) >= 11 is 0. The van der Waals surface area contributed by atoms with E-state index in [1.54, 1.807) is 24.3 Å². The molecule has 21 heavy (non-hydrogen) atoms. The van der Waals surface area contributed by atoms with Crippen LogP contribution in [0.4, 0.5) is 0 Å². The Morgan fingerprint density at radius 2 is 2.00 bits per heavy atom. The first-order valence-corrected chi connectivity index (χ1v) is 7.16. The predicted octanol–water partition coefficient (Wildman–Crippen LogP) is 1.09. The third kappa shape index (κ3) is 6.46. The summed E-state index contributed by atoms with van der Waals surface area (Å²) in [7, 11) is 2.12. The molecular weight excluding hydrogens is 268 g/mol. The van der Waals surface area contributed by atoms with Crippen molar-refractivity contribution in [3.8, 4) is 5.75 Å². The maximum atomic E-state index is 8.57. The molecular formula is C15H26N4O2. The zero-order chi connectivity index (χ0) is 15.7. The second kappa shape index (κ2) is 9.20. The van der Waals surface area contributed by atoms with Crippen molar-refractivity contribution in [1.29, 1.82) is 0 Å². The Bertz CT molecular complexity index is 432. The minimum Gasteiger partial charge on any atom is -0.492 e. The number of nitrogens with one attached hydrogen (secondary N) is 1. The van der Waals surface area contributed by atoms with Gasteiger partial charge in [0.1, 0.15) is 12.4 Å². The van der Waals surface area contributed by atoms with E-state index in [9.17, 15) is 0 Å². The lowest BCUT2D eigenvalue weighted by Gasteiger charge is -2.20. The van der Waals surface area contributed by atoms with Gasteiger partial charge in [-0.15, -0.1) is 0 Å². The molecule has 0 saturated carbocycles. The van der Waals surface area contributed by atoms with Gasteiger partial charge in [0, 0.05) is 31.2 Å². The lowest BCUT2D eigenvalue weighted by Crippen LogP contribution is -2.35. The number of rotatable bonds is 9. The second-order valence-electron chi connectivity index (χ2n) is 5.18. The maximum absolute atomic E-state index is 8.57. The average molecular weight is 294 g/mol. The molecule has 0 aliphatic heterocycles. The maximum Gasteiger partial charge on any atom is 0.170 e. The van der Waals surface area contributed by atoms with Crippen molar-refractivity contribution in [1.82, 2.24) is 10.2 Å². The number of amidine groups is 1. The molecule has 0 atom stereocenters. The molecule has 0 spiro atoms. The van der Waals surface area contributed by atoms with Gasteiger partial charge in [-0.05, 0) is 45.2 Å². The molecule has 1 rings (SSSR count). The van der Waals surface area contributed by atoms with Gasteiger partial charge in [0.2, 0.25) is 0 Å². The van der Waals surface area contributed by atoms with Gasteiger partial charge < -0.3 is 25.9 Å². The molecule has 0 unspecified atom stereocenters. The van der Waals surface area contributed by atoms with Crippen LogP contribution >= 0.6 is 0 Å². The summed E-state index contributed by atoms with van der Waals surface area (Å²) in [6.45, 7) is 7.73. The van der Waals surface area contributed by atoms with E-state index < -0.39 is 0 Å². The summed E-state index contributed by atoms with van der Waals surface area (Å²) in [6.07, 6.45) is 0. The van der Waals surface area contributed by atoms with Gasteiger partial charge in [0.15, 0.2) is 5.84 Å². The first-order chi connectivity index (χ1) is 10.0. The van der Waals surface area contributed by atoms with Crippen molar-refractivity contribution >= 4 is 5.84 Å². The number of nitrogens with two attached hydrogens (primary N) is 1. The second-order valence-corrected chi connectivity index (χ2v) is 5.18. The van der Waals surface area contributed by atoms with Crippen LogP contribution in [0.3, 0.4) is 0 Å². The van der Waals surface area contributed by atoms with Gasteiger partial charge in [-0.2, -0.15) is 0 Å². The number of nitrogens with zero attached hydrogens (tertiary/aromatic N) is 2. The quantitative estimate of drug-likeness (QED) is 0.209. The predicted molar refractivity (Wildman–Crippen MR) is 85.1 cm³/mol. The van der Waals surface area contributed by atoms with E-state index in [-0.39, 0.29) is 5.84 Å². The number of hydrogen-bond acceptors (Lipinski definition) is 5. The zero-order valence-electron chi connectivity index (χ0n) is 13.0. The van der Waals surface area contributed by atoms with Crippen LogP contribution < -0.4 is 15.8 Å². The van der Waals surface area contributed by atoms with Crippen LogP contribution in [0.15, 0.2) is 29.4 Å². The lowest BCUT2D eigenvalue weighted by molar-refractivity contribution is 0.265. The molecule has 0 aromatic heterocycles. The van der Waals surface area contributed by atoms with Crippen molar-refractivity contribution in [2.24, 2.45) is 10.9 Å². The van der Waals surface area contributed by atoms with E-state index in [0.29, 0.717) is 18.2 Å². The van der Waals surface area contributed by atoms with E-state index in [2.05, 4.69) is 36.3 Å². The van der Waals surface area contributed by atoms with E-state index in [1.807, 2.05) is 0 Å².